The molecule has 7 heavy (non-hydrogen) atoms. The Balaban J connectivity index is 2.33. The Morgan fingerprint density at radius 1 is 1.57 bits per heavy atom. The third kappa shape index (κ3) is 0.872. The standard InChI is InChI=1S/C2H8N4O/c3-5-1-4-2-6(5)7/h4,7H,1-3H2. The van der Waals surface area contributed by atoms with Gasteiger partial charge in [-0.05, 0) is 0 Å². The Morgan fingerprint density at radius 2 is 2.29 bits per heavy atom. The molecule has 5 heteroatoms. The van der Waals surface area contributed by atoms with Crippen LogP contribution in [0.1, 0.15) is 0 Å². The molecule has 4 N–H and O–H groups in total. The van der Waals surface area contributed by atoms with Crippen LogP contribution in [0.5, 0.6) is 0 Å². The van der Waals surface area contributed by atoms with Crippen molar-refractivity contribution in [3.8, 4) is 0 Å². The number of hydrogen-bond acceptors (Lipinski definition) is 5. The summed E-state index contributed by atoms with van der Waals surface area (Å²) in [6, 6.07) is 0. The highest BCUT2D eigenvalue weighted by molar-refractivity contribution is 4.45. The topological polar surface area (TPSA) is 64.8 Å². The number of nitrogens with two attached hydrogens (primary N) is 1. The van der Waals surface area contributed by atoms with Gasteiger partial charge in [0.25, 0.3) is 0 Å². The van der Waals surface area contributed by atoms with Crippen molar-refractivity contribution in [3.05, 3.63) is 0 Å². The zero-order chi connectivity index (χ0) is 5.28. The number of hydrogen-bond donors (Lipinski definition) is 3. The molecule has 0 aromatic heterocycles. The number of nitrogens with zero attached hydrogens (tertiary/aromatic N) is 2. The maximum Gasteiger partial charge on any atom is 0.0919 e. The van der Waals surface area contributed by atoms with Crippen LogP contribution in [0.15, 0.2) is 0 Å². The highest BCUT2D eigenvalue weighted by Crippen LogP contribution is 1.87. The van der Waals surface area contributed by atoms with Gasteiger partial charge in [-0.25, -0.2) is 0 Å². The zero-order valence-corrected chi connectivity index (χ0v) is 3.83. The molecule has 0 aliphatic carbocycles. The molecule has 0 amide bonds. The summed E-state index contributed by atoms with van der Waals surface area (Å²) in [5.74, 6) is 5.12. The third-order valence-electron chi connectivity index (χ3n) is 0.824. The Morgan fingerprint density at radius 3 is 2.43 bits per heavy atom. The fourth-order valence-electron chi connectivity index (χ4n) is 0.437. The van der Waals surface area contributed by atoms with Gasteiger partial charge in [-0.15, -0.1) is 5.12 Å². The largest absolute Gasteiger partial charge is 0.296 e. The van der Waals surface area contributed by atoms with E-state index in [1.807, 2.05) is 0 Å². The zero-order valence-electron chi connectivity index (χ0n) is 3.83. The maximum absolute atomic E-state index is 8.57. The molecule has 1 saturated heterocycles. The normalized spacial score (nSPS) is 26.6. The lowest BCUT2D eigenvalue weighted by Gasteiger charge is -2.11. The lowest BCUT2D eigenvalue weighted by molar-refractivity contribution is -0.218. The van der Waals surface area contributed by atoms with Crippen molar-refractivity contribution in [1.82, 2.24) is 15.6 Å². The van der Waals surface area contributed by atoms with Crippen LogP contribution >= 0.6 is 0 Å². The van der Waals surface area contributed by atoms with Gasteiger partial charge in [0.15, 0.2) is 0 Å². The molecule has 1 fully saturated rings. The minimum Gasteiger partial charge on any atom is -0.296 e. The number of nitrogens with one attached hydrogen (secondary N) is 1. The molecule has 1 aliphatic rings. The van der Waals surface area contributed by atoms with E-state index in [4.69, 9.17) is 11.0 Å². The van der Waals surface area contributed by atoms with Gasteiger partial charge in [0.05, 0.1) is 13.3 Å². The van der Waals surface area contributed by atoms with E-state index < -0.39 is 0 Å². The molecule has 0 aromatic rings. The van der Waals surface area contributed by atoms with Crippen LogP contribution < -0.4 is 11.2 Å². The molecular weight excluding hydrogens is 96.0 g/mol. The number of hydrazine groups is 2. The molecule has 1 aliphatic heterocycles. The fourth-order valence-corrected chi connectivity index (χ4v) is 0.437. The molecule has 42 valence electrons. The van der Waals surface area contributed by atoms with E-state index in [9.17, 15) is 0 Å². The Kier molecular flexibility index (Phi) is 1.22. The first-order chi connectivity index (χ1) is 3.30. The van der Waals surface area contributed by atoms with Crippen molar-refractivity contribution in [3.63, 3.8) is 0 Å². The van der Waals surface area contributed by atoms with E-state index in [2.05, 4.69) is 5.32 Å². The molecule has 0 radical (unpaired) electrons. The molecule has 5 nitrogen and oxygen atoms in total. The Hall–Kier alpha value is -0.200. The van der Waals surface area contributed by atoms with Crippen LogP contribution in [-0.4, -0.2) is 28.8 Å². The van der Waals surface area contributed by atoms with Gasteiger partial charge < -0.3 is 0 Å². The van der Waals surface area contributed by atoms with E-state index in [0.29, 0.717) is 13.3 Å². The van der Waals surface area contributed by atoms with Crippen LogP contribution in [0, 0.1) is 0 Å². The van der Waals surface area contributed by atoms with Crippen LogP contribution in [0.25, 0.3) is 0 Å². The third-order valence-corrected chi connectivity index (χ3v) is 0.824. The van der Waals surface area contributed by atoms with E-state index in [1.165, 1.54) is 5.12 Å². The highest BCUT2D eigenvalue weighted by Gasteiger charge is 2.13. The highest BCUT2D eigenvalue weighted by atomic mass is 16.6. The predicted octanol–water partition coefficient (Wildman–Crippen LogP) is -1.71. The summed E-state index contributed by atoms with van der Waals surface area (Å²) in [6.45, 7) is 0.924. The smallest absolute Gasteiger partial charge is 0.0919 e. The van der Waals surface area contributed by atoms with Crippen molar-refractivity contribution in [2.45, 2.75) is 0 Å². The second-order valence-corrected chi connectivity index (χ2v) is 1.38. The number of rotatable bonds is 0. The number of hydroxylamine groups is 1. The molecule has 0 atom stereocenters. The average Bonchev–Trinajstić information content (AvgIpc) is 1.91. The molecule has 0 bridgehead atoms. The fraction of sp³-hybridized carbons (Fsp3) is 1.00. The van der Waals surface area contributed by atoms with Gasteiger partial charge >= 0.3 is 0 Å². The molecule has 0 saturated carbocycles. The van der Waals surface area contributed by atoms with Gasteiger partial charge in [0.2, 0.25) is 0 Å². The molecule has 1 heterocycles. The quantitative estimate of drug-likeness (QED) is 0.319. The molecule has 0 spiro atoms. The van der Waals surface area contributed by atoms with E-state index in [0.717, 1.165) is 5.17 Å². The summed E-state index contributed by atoms with van der Waals surface area (Å²) in [4.78, 5) is 0. The molecule has 0 unspecified atom stereocenters. The molecular formula is C2H8N4O. The minimum absolute atomic E-state index is 0.413. The maximum atomic E-state index is 8.57. The summed E-state index contributed by atoms with van der Waals surface area (Å²) in [7, 11) is 0. The van der Waals surface area contributed by atoms with Gasteiger partial charge in [-0.3, -0.25) is 16.4 Å². The van der Waals surface area contributed by atoms with E-state index >= 15 is 0 Å². The Bertz CT molecular complexity index is 58.7. The van der Waals surface area contributed by atoms with Crippen LogP contribution in [0.4, 0.5) is 0 Å². The second kappa shape index (κ2) is 1.73. The molecule has 0 aromatic carbocycles. The SMILES string of the molecule is NN1CNCN1O. The summed E-state index contributed by atoms with van der Waals surface area (Å²) >= 11 is 0. The van der Waals surface area contributed by atoms with Crippen molar-refractivity contribution >= 4 is 0 Å². The van der Waals surface area contributed by atoms with Crippen molar-refractivity contribution in [2.24, 2.45) is 5.84 Å². The summed E-state index contributed by atoms with van der Waals surface area (Å²) in [5, 5.41) is 13.5. The summed E-state index contributed by atoms with van der Waals surface area (Å²) < 4.78 is 0. The van der Waals surface area contributed by atoms with E-state index in [-0.39, 0.29) is 0 Å². The van der Waals surface area contributed by atoms with Crippen molar-refractivity contribution in [1.29, 1.82) is 0 Å². The van der Waals surface area contributed by atoms with E-state index in [1.54, 1.807) is 0 Å². The van der Waals surface area contributed by atoms with Crippen LogP contribution in [0.2, 0.25) is 0 Å². The van der Waals surface area contributed by atoms with Gasteiger partial charge in [0.1, 0.15) is 0 Å². The molecule has 1 rings (SSSR count). The van der Waals surface area contributed by atoms with Gasteiger partial charge in [0, 0.05) is 0 Å². The Labute approximate surface area is 41.2 Å². The van der Waals surface area contributed by atoms with Gasteiger partial charge in [-0.1, -0.05) is 5.17 Å². The van der Waals surface area contributed by atoms with Crippen molar-refractivity contribution in [2.75, 3.05) is 13.3 Å². The van der Waals surface area contributed by atoms with Gasteiger partial charge in [-0.2, -0.15) is 0 Å². The average molecular weight is 104 g/mol. The predicted molar refractivity (Wildman–Crippen MR) is 22.5 cm³/mol. The first-order valence-corrected chi connectivity index (χ1v) is 2.00. The second-order valence-electron chi connectivity index (χ2n) is 1.38. The summed E-state index contributed by atoms with van der Waals surface area (Å²) in [6.07, 6.45) is 0. The van der Waals surface area contributed by atoms with Crippen molar-refractivity contribution < 1.29 is 5.21 Å². The lowest BCUT2D eigenvalue weighted by Crippen LogP contribution is -2.39. The first kappa shape index (κ1) is 4.95. The monoisotopic (exact) mass is 104 g/mol. The summed E-state index contributed by atoms with van der Waals surface area (Å²) in [5.41, 5.74) is 0. The minimum atomic E-state index is 0.413. The van der Waals surface area contributed by atoms with Crippen LogP contribution in [-0.2, 0) is 0 Å². The lowest BCUT2D eigenvalue weighted by atomic mass is 11.1. The first-order valence-electron chi connectivity index (χ1n) is 2.00. The van der Waals surface area contributed by atoms with Crippen LogP contribution in [0.3, 0.4) is 0 Å².